The zero-order valence-electron chi connectivity index (χ0n) is 16.5. The molecule has 4 N–H and O–H groups in total. The number of aromatic nitrogens is 4. The summed E-state index contributed by atoms with van der Waals surface area (Å²) < 4.78 is 5.35. The smallest absolute Gasteiger partial charge is 0.410 e. The maximum absolute atomic E-state index is 12.0. The molecule has 0 atom stereocenters. The summed E-state index contributed by atoms with van der Waals surface area (Å²) in [7, 11) is 1.69. The molecular formula is C19H25N7O2. The Kier molecular flexibility index (Phi) is 5.34. The number of nitrogen functional groups attached to an aromatic ring is 1. The van der Waals surface area contributed by atoms with Crippen LogP contribution in [0.1, 0.15) is 20.8 Å². The number of hydrogen-bond donors (Lipinski definition) is 3. The standard InChI is InChI=1S/C19H25N7O2/c1-19(2,3)28-18(27)26(4)10-9-21-16-13-6-5-12(14-7-8-22-25-14)11-15(13)23-17(20)24-16/h5-8,11H,9-10H2,1-4H3,(H,22,25)(H3,20,21,23,24). The molecule has 1 aromatic carbocycles. The molecule has 148 valence electrons. The van der Waals surface area contributed by atoms with Crippen molar-refractivity contribution in [3.05, 3.63) is 30.5 Å². The second kappa shape index (κ2) is 7.71. The Bertz CT molecular complexity index is 964. The van der Waals surface area contributed by atoms with Gasteiger partial charge in [0.1, 0.15) is 11.4 Å². The molecule has 9 nitrogen and oxygen atoms in total. The van der Waals surface area contributed by atoms with Crippen molar-refractivity contribution in [2.45, 2.75) is 26.4 Å². The van der Waals surface area contributed by atoms with Gasteiger partial charge >= 0.3 is 6.09 Å². The molecule has 0 aliphatic rings. The van der Waals surface area contributed by atoms with Gasteiger partial charge in [0.2, 0.25) is 5.95 Å². The first kappa shape index (κ1) is 19.4. The molecule has 0 bridgehead atoms. The van der Waals surface area contributed by atoms with Crippen molar-refractivity contribution in [1.82, 2.24) is 25.1 Å². The third-order valence-corrected chi connectivity index (χ3v) is 3.97. The summed E-state index contributed by atoms with van der Waals surface area (Å²) in [4.78, 5) is 22.2. The van der Waals surface area contributed by atoms with Crippen LogP contribution in [0.3, 0.4) is 0 Å². The predicted octanol–water partition coefficient (Wildman–Crippen LogP) is 2.88. The van der Waals surface area contributed by atoms with Gasteiger partial charge < -0.3 is 20.7 Å². The highest BCUT2D eigenvalue weighted by Crippen LogP contribution is 2.26. The lowest BCUT2D eigenvalue weighted by Gasteiger charge is -2.24. The predicted molar refractivity (Wildman–Crippen MR) is 109 cm³/mol. The molecule has 2 heterocycles. The lowest BCUT2D eigenvalue weighted by Crippen LogP contribution is -2.36. The van der Waals surface area contributed by atoms with E-state index in [9.17, 15) is 4.79 Å². The summed E-state index contributed by atoms with van der Waals surface area (Å²) in [5.74, 6) is 0.800. The number of nitrogens with one attached hydrogen (secondary N) is 2. The van der Waals surface area contributed by atoms with Gasteiger partial charge in [-0.15, -0.1) is 0 Å². The number of rotatable bonds is 5. The van der Waals surface area contributed by atoms with Crippen molar-refractivity contribution >= 4 is 28.8 Å². The maximum Gasteiger partial charge on any atom is 0.410 e. The quantitative estimate of drug-likeness (QED) is 0.619. The van der Waals surface area contributed by atoms with Crippen LogP contribution in [-0.2, 0) is 4.74 Å². The molecule has 0 radical (unpaired) electrons. The van der Waals surface area contributed by atoms with Crippen LogP contribution in [0.25, 0.3) is 22.2 Å². The number of anilines is 2. The third kappa shape index (κ3) is 4.67. The van der Waals surface area contributed by atoms with E-state index in [1.54, 1.807) is 13.2 Å². The Hall–Kier alpha value is -3.36. The van der Waals surface area contributed by atoms with Crippen molar-refractivity contribution in [2.75, 3.05) is 31.2 Å². The van der Waals surface area contributed by atoms with Gasteiger partial charge in [-0.05, 0) is 39.0 Å². The van der Waals surface area contributed by atoms with E-state index in [2.05, 4.69) is 25.5 Å². The van der Waals surface area contributed by atoms with Crippen molar-refractivity contribution in [2.24, 2.45) is 0 Å². The molecular weight excluding hydrogens is 358 g/mol. The van der Waals surface area contributed by atoms with E-state index in [0.717, 1.165) is 22.2 Å². The van der Waals surface area contributed by atoms with E-state index in [1.165, 1.54) is 4.90 Å². The summed E-state index contributed by atoms with van der Waals surface area (Å²) in [5.41, 5.74) is 7.93. The molecule has 0 saturated carbocycles. The fraction of sp³-hybridized carbons (Fsp3) is 0.368. The zero-order valence-corrected chi connectivity index (χ0v) is 16.5. The number of amides is 1. The Morgan fingerprint density at radius 3 is 2.75 bits per heavy atom. The summed E-state index contributed by atoms with van der Waals surface area (Å²) in [6, 6.07) is 7.72. The van der Waals surface area contributed by atoms with Crippen LogP contribution >= 0.6 is 0 Å². The van der Waals surface area contributed by atoms with Gasteiger partial charge in [-0.25, -0.2) is 9.78 Å². The number of likely N-dealkylation sites (N-methyl/N-ethyl adjacent to an activating group) is 1. The van der Waals surface area contributed by atoms with Gasteiger partial charge in [-0.1, -0.05) is 6.07 Å². The zero-order chi connectivity index (χ0) is 20.3. The second-order valence-electron chi connectivity index (χ2n) is 7.46. The van der Waals surface area contributed by atoms with Gasteiger partial charge in [0.05, 0.1) is 11.2 Å². The largest absolute Gasteiger partial charge is 0.444 e. The monoisotopic (exact) mass is 383 g/mol. The molecule has 9 heteroatoms. The van der Waals surface area contributed by atoms with Crippen LogP contribution in [-0.4, -0.2) is 56.9 Å². The van der Waals surface area contributed by atoms with Gasteiger partial charge in [0.25, 0.3) is 0 Å². The van der Waals surface area contributed by atoms with E-state index in [0.29, 0.717) is 18.9 Å². The van der Waals surface area contributed by atoms with E-state index in [4.69, 9.17) is 10.5 Å². The number of benzene rings is 1. The van der Waals surface area contributed by atoms with Crippen LogP contribution in [0.15, 0.2) is 30.5 Å². The number of nitrogens with zero attached hydrogens (tertiary/aromatic N) is 4. The Balaban J connectivity index is 1.72. The van der Waals surface area contributed by atoms with Crippen LogP contribution in [0.4, 0.5) is 16.6 Å². The average molecular weight is 383 g/mol. The van der Waals surface area contributed by atoms with Crippen LogP contribution < -0.4 is 11.1 Å². The van der Waals surface area contributed by atoms with Gasteiger partial charge in [-0.2, -0.15) is 10.1 Å². The summed E-state index contributed by atoms with van der Waals surface area (Å²) in [6.07, 6.45) is 1.33. The van der Waals surface area contributed by atoms with Gasteiger partial charge in [0.15, 0.2) is 0 Å². The number of ether oxygens (including phenoxy) is 1. The first-order valence-corrected chi connectivity index (χ1v) is 8.98. The highest BCUT2D eigenvalue weighted by molar-refractivity contribution is 5.92. The van der Waals surface area contributed by atoms with Crippen LogP contribution in [0.5, 0.6) is 0 Å². The van der Waals surface area contributed by atoms with Gasteiger partial charge in [0, 0.05) is 37.3 Å². The highest BCUT2D eigenvalue weighted by Gasteiger charge is 2.19. The lowest BCUT2D eigenvalue weighted by atomic mass is 10.1. The van der Waals surface area contributed by atoms with Crippen LogP contribution in [0.2, 0.25) is 0 Å². The summed E-state index contributed by atoms with van der Waals surface area (Å²) in [5, 5.41) is 11.0. The first-order chi connectivity index (χ1) is 13.2. The molecule has 3 aromatic rings. The number of carbonyl (C=O) groups is 1. The van der Waals surface area contributed by atoms with Crippen molar-refractivity contribution < 1.29 is 9.53 Å². The molecule has 3 rings (SSSR count). The van der Waals surface area contributed by atoms with E-state index in [-0.39, 0.29) is 12.0 Å². The molecule has 28 heavy (non-hydrogen) atoms. The molecule has 0 aliphatic heterocycles. The minimum Gasteiger partial charge on any atom is -0.444 e. The molecule has 2 aromatic heterocycles. The summed E-state index contributed by atoms with van der Waals surface area (Å²) >= 11 is 0. The SMILES string of the molecule is CN(CCNc1nc(N)nc2cc(-c3ccn[nH]3)ccc12)C(=O)OC(C)(C)C. The maximum atomic E-state index is 12.0. The number of nitrogens with two attached hydrogens (primary N) is 1. The Morgan fingerprint density at radius 2 is 2.07 bits per heavy atom. The van der Waals surface area contributed by atoms with E-state index in [1.807, 2.05) is 45.0 Å². The number of aromatic amines is 1. The lowest BCUT2D eigenvalue weighted by molar-refractivity contribution is 0.0305. The molecule has 0 spiro atoms. The Morgan fingerprint density at radius 1 is 1.29 bits per heavy atom. The van der Waals surface area contributed by atoms with Crippen molar-refractivity contribution in [3.63, 3.8) is 0 Å². The van der Waals surface area contributed by atoms with Crippen molar-refractivity contribution in [1.29, 1.82) is 0 Å². The highest BCUT2D eigenvalue weighted by atomic mass is 16.6. The topological polar surface area (TPSA) is 122 Å². The van der Waals surface area contributed by atoms with Gasteiger partial charge in [-0.3, -0.25) is 5.10 Å². The fourth-order valence-corrected chi connectivity index (χ4v) is 2.64. The van der Waals surface area contributed by atoms with E-state index >= 15 is 0 Å². The second-order valence-corrected chi connectivity index (χ2v) is 7.46. The Labute approximate surface area is 163 Å². The molecule has 0 saturated heterocycles. The first-order valence-electron chi connectivity index (χ1n) is 8.98. The third-order valence-electron chi connectivity index (χ3n) is 3.97. The average Bonchev–Trinajstić information content (AvgIpc) is 3.14. The minimum absolute atomic E-state index is 0.178. The molecule has 1 amide bonds. The fourth-order valence-electron chi connectivity index (χ4n) is 2.64. The normalized spacial score (nSPS) is 11.4. The number of carbonyl (C=O) groups excluding carboxylic acids is 1. The minimum atomic E-state index is -0.525. The molecule has 0 unspecified atom stereocenters. The van der Waals surface area contributed by atoms with E-state index < -0.39 is 5.60 Å². The molecule has 0 fully saturated rings. The number of H-pyrrole nitrogens is 1. The number of hydrogen-bond acceptors (Lipinski definition) is 7. The molecule has 0 aliphatic carbocycles. The number of fused-ring (bicyclic) bond motifs is 1. The van der Waals surface area contributed by atoms with Crippen LogP contribution in [0, 0.1) is 0 Å². The van der Waals surface area contributed by atoms with Crippen molar-refractivity contribution in [3.8, 4) is 11.3 Å². The summed E-state index contributed by atoms with van der Waals surface area (Å²) in [6.45, 7) is 6.45.